The normalized spacial score (nSPS) is 19.0. The first-order valence-electron chi connectivity index (χ1n) is 7.72. The maximum absolute atomic E-state index is 10.9. The predicted molar refractivity (Wildman–Crippen MR) is 84.8 cm³/mol. The molecule has 2 amide bonds. The summed E-state index contributed by atoms with van der Waals surface area (Å²) in [5, 5.41) is 10.3. The second-order valence-corrected chi connectivity index (χ2v) is 4.94. The average Bonchev–Trinajstić information content (AvgIpc) is 2.82. The number of nitrogens with zero attached hydrogens (tertiary/aromatic N) is 2. The van der Waals surface area contributed by atoms with Crippen LogP contribution < -0.4 is 5.73 Å². The van der Waals surface area contributed by atoms with Crippen LogP contribution >= 0.6 is 0 Å². The molecule has 0 saturated carbocycles. The molecule has 1 saturated heterocycles. The minimum Gasteiger partial charge on any atom is -0.330 e. The Morgan fingerprint density at radius 3 is 2.10 bits per heavy atom. The number of hydrogen-bond donors (Lipinski definition) is 2. The number of carbonyl (C=O) groups is 2. The summed E-state index contributed by atoms with van der Waals surface area (Å²) < 4.78 is 0. The number of nitrogens with two attached hydrogens (primary N) is 1. The van der Waals surface area contributed by atoms with Gasteiger partial charge in [0.1, 0.15) is 0 Å². The van der Waals surface area contributed by atoms with Crippen molar-refractivity contribution in [1.29, 1.82) is 0 Å². The maximum Gasteiger partial charge on any atom is 0.253 e. The molecule has 0 spiro atoms. The SMILES string of the molecule is CC.CC1CCN(O)CC1.NCCCN1C(=O)C=CC1=O.[HH]. The number of amides is 2. The summed E-state index contributed by atoms with van der Waals surface area (Å²) in [6.07, 6.45) is 5.52. The number of hydrogen-bond acceptors (Lipinski definition) is 5. The molecule has 2 aliphatic heterocycles. The van der Waals surface area contributed by atoms with Gasteiger partial charge in [-0.25, -0.2) is 0 Å². The molecule has 0 radical (unpaired) electrons. The smallest absolute Gasteiger partial charge is 0.253 e. The molecule has 0 aliphatic carbocycles. The van der Waals surface area contributed by atoms with E-state index in [-0.39, 0.29) is 13.2 Å². The van der Waals surface area contributed by atoms with E-state index in [1.54, 1.807) is 0 Å². The molecule has 0 aromatic carbocycles. The van der Waals surface area contributed by atoms with E-state index < -0.39 is 0 Å². The van der Waals surface area contributed by atoms with Crippen LogP contribution in [0, 0.1) is 5.92 Å². The molecule has 1 fully saturated rings. The molecule has 0 aromatic rings. The lowest BCUT2D eigenvalue weighted by molar-refractivity contribution is -0.136. The van der Waals surface area contributed by atoms with Gasteiger partial charge in [0.15, 0.2) is 0 Å². The summed E-state index contributed by atoms with van der Waals surface area (Å²) >= 11 is 0. The highest BCUT2D eigenvalue weighted by atomic mass is 16.5. The van der Waals surface area contributed by atoms with Crippen LogP contribution in [0.1, 0.15) is 41.5 Å². The van der Waals surface area contributed by atoms with Gasteiger partial charge in [0.05, 0.1) is 0 Å². The number of hydroxylamine groups is 2. The largest absolute Gasteiger partial charge is 0.330 e. The lowest BCUT2D eigenvalue weighted by Gasteiger charge is -2.24. The number of imide groups is 1. The van der Waals surface area contributed by atoms with E-state index in [0.29, 0.717) is 19.5 Å². The third-order valence-corrected chi connectivity index (χ3v) is 3.25. The zero-order valence-electron chi connectivity index (χ0n) is 13.4. The Morgan fingerprint density at radius 1 is 1.24 bits per heavy atom. The molecule has 0 aromatic heterocycles. The van der Waals surface area contributed by atoms with Gasteiger partial charge < -0.3 is 10.9 Å². The molecule has 21 heavy (non-hydrogen) atoms. The fraction of sp³-hybridized carbons (Fsp3) is 0.733. The van der Waals surface area contributed by atoms with Crippen LogP contribution in [0.3, 0.4) is 0 Å². The van der Waals surface area contributed by atoms with Crippen LogP contribution in [0.5, 0.6) is 0 Å². The van der Waals surface area contributed by atoms with E-state index in [9.17, 15) is 9.59 Å². The van der Waals surface area contributed by atoms with E-state index in [0.717, 1.165) is 31.8 Å². The molecular weight excluding hydrogens is 270 g/mol. The first-order chi connectivity index (χ1) is 10.0. The van der Waals surface area contributed by atoms with Gasteiger partial charge in [0, 0.05) is 33.2 Å². The van der Waals surface area contributed by atoms with Gasteiger partial charge in [0.25, 0.3) is 11.8 Å². The highest BCUT2D eigenvalue weighted by molar-refractivity contribution is 6.12. The van der Waals surface area contributed by atoms with Gasteiger partial charge in [-0.3, -0.25) is 14.5 Å². The van der Waals surface area contributed by atoms with E-state index in [4.69, 9.17) is 10.9 Å². The third kappa shape index (κ3) is 7.94. The summed E-state index contributed by atoms with van der Waals surface area (Å²) in [5.41, 5.74) is 5.23. The molecule has 124 valence electrons. The van der Waals surface area contributed by atoms with E-state index in [1.165, 1.54) is 22.1 Å². The lowest BCUT2D eigenvalue weighted by Crippen LogP contribution is -2.31. The summed E-state index contributed by atoms with van der Waals surface area (Å²) in [4.78, 5) is 22.9. The van der Waals surface area contributed by atoms with Gasteiger partial charge in [-0.15, -0.1) is 0 Å². The number of rotatable bonds is 3. The van der Waals surface area contributed by atoms with Crippen LogP contribution in [-0.4, -0.2) is 53.2 Å². The monoisotopic (exact) mass is 301 g/mol. The second-order valence-electron chi connectivity index (χ2n) is 4.94. The average molecular weight is 301 g/mol. The minimum atomic E-state index is -0.233. The number of piperidine rings is 1. The van der Waals surface area contributed by atoms with Crippen LogP contribution in [0.4, 0.5) is 0 Å². The highest BCUT2D eigenvalue weighted by Gasteiger charge is 2.21. The first kappa shape index (κ1) is 19.8. The van der Waals surface area contributed by atoms with Crippen LogP contribution in [0.25, 0.3) is 0 Å². The molecule has 2 heterocycles. The molecule has 2 aliphatic rings. The van der Waals surface area contributed by atoms with Crippen LogP contribution in [0.2, 0.25) is 0 Å². The Morgan fingerprint density at radius 2 is 1.71 bits per heavy atom. The molecule has 0 atom stereocenters. The van der Waals surface area contributed by atoms with E-state index in [2.05, 4.69) is 6.92 Å². The topological polar surface area (TPSA) is 86.9 Å². The van der Waals surface area contributed by atoms with Gasteiger partial charge in [-0.2, -0.15) is 5.06 Å². The molecule has 6 heteroatoms. The fourth-order valence-electron chi connectivity index (χ4n) is 1.90. The maximum atomic E-state index is 10.9. The van der Waals surface area contributed by atoms with E-state index in [1.807, 2.05) is 13.8 Å². The van der Waals surface area contributed by atoms with Crippen molar-refractivity contribution < 1.29 is 16.2 Å². The lowest BCUT2D eigenvalue weighted by atomic mass is 10.0. The Labute approximate surface area is 129 Å². The van der Waals surface area contributed by atoms with Crippen molar-refractivity contribution in [3.8, 4) is 0 Å². The Bertz CT molecular complexity index is 315. The molecule has 3 N–H and O–H groups in total. The predicted octanol–water partition coefficient (Wildman–Crippen LogP) is 1.64. The summed E-state index contributed by atoms with van der Waals surface area (Å²) in [7, 11) is 0. The number of carbonyl (C=O) groups excluding carboxylic acids is 2. The highest BCUT2D eigenvalue weighted by Crippen LogP contribution is 2.13. The van der Waals surface area contributed by atoms with Gasteiger partial charge in [-0.1, -0.05) is 20.8 Å². The van der Waals surface area contributed by atoms with Crippen LogP contribution in [0.15, 0.2) is 12.2 Å². The van der Waals surface area contributed by atoms with Crippen molar-refractivity contribution in [2.24, 2.45) is 11.7 Å². The Hall–Kier alpha value is -1.24. The Balaban J connectivity index is 0. The van der Waals surface area contributed by atoms with Crippen LogP contribution in [-0.2, 0) is 9.59 Å². The second kappa shape index (κ2) is 11.4. The molecule has 2 rings (SSSR count). The molecule has 0 bridgehead atoms. The molecular formula is C15H31N3O3. The van der Waals surface area contributed by atoms with Crippen molar-refractivity contribution in [3.05, 3.63) is 12.2 Å². The van der Waals surface area contributed by atoms with Crippen molar-refractivity contribution in [1.82, 2.24) is 9.96 Å². The van der Waals surface area contributed by atoms with Crippen molar-refractivity contribution >= 4 is 11.8 Å². The van der Waals surface area contributed by atoms with Crippen molar-refractivity contribution in [2.45, 2.75) is 40.0 Å². The zero-order valence-corrected chi connectivity index (χ0v) is 13.4. The van der Waals surface area contributed by atoms with Gasteiger partial charge in [0.2, 0.25) is 0 Å². The van der Waals surface area contributed by atoms with Gasteiger partial charge >= 0.3 is 0 Å². The first-order valence-corrected chi connectivity index (χ1v) is 7.72. The summed E-state index contributed by atoms with van der Waals surface area (Å²) in [6.45, 7) is 8.88. The van der Waals surface area contributed by atoms with Crippen molar-refractivity contribution in [3.63, 3.8) is 0 Å². The minimum absolute atomic E-state index is 0. The molecule has 0 unspecified atom stereocenters. The van der Waals surface area contributed by atoms with E-state index >= 15 is 0 Å². The summed E-state index contributed by atoms with van der Waals surface area (Å²) in [6, 6.07) is 0. The Kier molecular flexibility index (Phi) is 10.7. The fourth-order valence-corrected chi connectivity index (χ4v) is 1.90. The quantitative estimate of drug-likeness (QED) is 0.774. The van der Waals surface area contributed by atoms with Gasteiger partial charge in [-0.05, 0) is 31.7 Å². The molecule has 6 nitrogen and oxygen atoms in total. The zero-order chi connectivity index (χ0) is 16.3. The standard InChI is InChI=1S/C7H10N2O2.C6H13NO.C2H6.H2/c8-4-1-5-9-6(10)2-3-7(9)11;1-6-2-4-7(8)5-3-6;1-2;/h2-3H,1,4-5,8H2;6,8H,2-5H2,1H3;1-2H3;1H. The summed E-state index contributed by atoms with van der Waals surface area (Å²) in [5.74, 6) is 0.352. The third-order valence-electron chi connectivity index (χ3n) is 3.25. The van der Waals surface area contributed by atoms with Crippen molar-refractivity contribution in [2.75, 3.05) is 26.2 Å².